The molecular weight excluding hydrogens is 402 g/mol. The van der Waals surface area contributed by atoms with Gasteiger partial charge in [0.1, 0.15) is 5.75 Å². The van der Waals surface area contributed by atoms with Gasteiger partial charge < -0.3 is 9.47 Å². The molecule has 1 aromatic heterocycles. The quantitative estimate of drug-likeness (QED) is 0.574. The Kier molecular flexibility index (Phi) is 6.14. The lowest BCUT2D eigenvalue weighted by molar-refractivity contribution is 0.160. The maximum absolute atomic E-state index is 13.5. The Hall–Kier alpha value is -2.83. The molecule has 1 atom stereocenters. The van der Waals surface area contributed by atoms with Crippen molar-refractivity contribution in [2.45, 2.75) is 32.5 Å². The minimum Gasteiger partial charge on any atom is -0.497 e. The summed E-state index contributed by atoms with van der Waals surface area (Å²) in [4.78, 5) is 16.0. The van der Waals surface area contributed by atoms with Gasteiger partial charge in [0.25, 0.3) is 5.56 Å². The molecule has 0 aliphatic carbocycles. The fraction of sp³-hybridized carbons (Fsp3) is 0.423. The molecule has 1 unspecified atom stereocenters. The molecule has 0 N–H and O–H groups in total. The van der Waals surface area contributed by atoms with E-state index in [1.807, 2.05) is 35.0 Å². The highest BCUT2D eigenvalue weighted by molar-refractivity contribution is 5.29. The van der Waals surface area contributed by atoms with E-state index in [1.165, 1.54) is 0 Å². The third kappa shape index (κ3) is 4.38. The number of fused-ring (bicyclic) bond motifs is 1. The van der Waals surface area contributed by atoms with E-state index in [2.05, 4.69) is 33.8 Å². The van der Waals surface area contributed by atoms with Crippen molar-refractivity contribution in [3.05, 3.63) is 87.3 Å². The second-order valence-corrected chi connectivity index (χ2v) is 8.89. The summed E-state index contributed by atoms with van der Waals surface area (Å²) in [5.74, 6) is 1.44. The van der Waals surface area contributed by atoms with Crippen LogP contribution in [0.3, 0.4) is 0 Å². The molecule has 0 amide bonds. The number of benzene rings is 2. The Labute approximate surface area is 189 Å². The van der Waals surface area contributed by atoms with E-state index >= 15 is 0 Å². The van der Waals surface area contributed by atoms with E-state index in [4.69, 9.17) is 9.47 Å². The van der Waals surface area contributed by atoms with Crippen molar-refractivity contribution >= 4 is 0 Å². The van der Waals surface area contributed by atoms with Gasteiger partial charge >= 0.3 is 0 Å². The van der Waals surface area contributed by atoms with Gasteiger partial charge in [0.05, 0.1) is 32.5 Å². The first kappa shape index (κ1) is 21.0. The maximum atomic E-state index is 13.5. The lowest BCUT2D eigenvalue weighted by Gasteiger charge is -2.29. The largest absolute Gasteiger partial charge is 0.497 e. The van der Waals surface area contributed by atoms with Crippen molar-refractivity contribution in [3.63, 3.8) is 0 Å². The van der Waals surface area contributed by atoms with Gasteiger partial charge in [0, 0.05) is 31.8 Å². The van der Waals surface area contributed by atoms with Crippen LogP contribution in [0.15, 0.2) is 59.4 Å². The Bertz CT molecular complexity index is 1100. The molecule has 1 saturated heterocycles. The van der Waals surface area contributed by atoms with Crippen LogP contribution in [0.1, 0.15) is 28.8 Å². The molecule has 1 fully saturated rings. The van der Waals surface area contributed by atoms with E-state index in [9.17, 15) is 4.79 Å². The summed E-state index contributed by atoms with van der Waals surface area (Å²) in [6.45, 7) is 5.78. The first-order valence-electron chi connectivity index (χ1n) is 11.5. The van der Waals surface area contributed by atoms with Gasteiger partial charge in [-0.2, -0.15) is 0 Å². The molecule has 0 spiro atoms. The molecule has 0 saturated carbocycles. The Morgan fingerprint density at radius 2 is 1.75 bits per heavy atom. The van der Waals surface area contributed by atoms with Crippen LogP contribution in [0.4, 0.5) is 0 Å². The Morgan fingerprint density at radius 1 is 1.00 bits per heavy atom. The Morgan fingerprint density at radius 3 is 2.47 bits per heavy atom. The third-order valence-corrected chi connectivity index (χ3v) is 6.70. The standard InChI is InChI=1S/C26H31N3O3/c1-31-23-9-7-21(8-10-23)16-28-25-18-27(15-22-12-14-32-19-22)13-11-24(25)26(30)29(28)17-20-5-3-2-4-6-20/h2-10,22H,11-19H2,1H3. The molecule has 6 nitrogen and oxygen atoms in total. The molecule has 2 aliphatic heterocycles. The summed E-state index contributed by atoms with van der Waals surface area (Å²) in [6, 6.07) is 18.4. The van der Waals surface area contributed by atoms with E-state index in [-0.39, 0.29) is 5.56 Å². The molecule has 5 rings (SSSR count). The van der Waals surface area contributed by atoms with Crippen LogP contribution in [0.2, 0.25) is 0 Å². The fourth-order valence-electron chi connectivity index (χ4n) is 4.93. The van der Waals surface area contributed by atoms with Gasteiger partial charge in [-0.15, -0.1) is 0 Å². The molecule has 2 aromatic carbocycles. The van der Waals surface area contributed by atoms with E-state index in [1.54, 1.807) is 7.11 Å². The zero-order valence-electron chi connectivity index (χ0n) is 18.7. The van der Waals surface area contributed by atoms with Crippen molar-refractivity contribution in [1.29, 1.82) is 0 Å². The molecule has 0 bridgehead atoms. The monoisotopic (exact) mass is 433 g/mol. The predicted octanol–water partition coefficient (Wildman–Crippen LogP) is 3.15. The van der Waals surface area contributed by atoms with Crippen molar-refractivity contribution in [2.75, 3.05) is 33.4 Å². The van der Waals surface area contributed by atoms with E-state index < -0.39 is 0 Å². The molecule has 168 valence electrons. The average molecular weight is 434 g/mol. The van der Waals surface area contributed by atoms with E-state index in [0.29, 0.717) is 19.0 Å². The van der Waals surface area contributed by atoms with Crippen LogP contribution < -0.4 is 10.3 Å². The van der Waals surface area contributed by atoms with Gasteiger partial charge in [-0.3, -0.25) is 14.4 Å². The molecule has 6 heteroatoms. The molecule has 0 radical (unpaired) electrons. The van der Waals surface area contributed by atoms with Crippen LogP contribution >= 0.6 is 0 Å². The number of rotatable bonds is 7. The van der Waals surface area contributed by atoms with Crippen molar-refractivity contribution in [2.24, 2.45) is 5.92 Å². The van der Waals surface area contributed by atoms with Crippen molar-refractivity contribution in [3.8, 4) is 5.75 Å². The first-order chi connectivity index (χ1) is 15.7. The van der Waals surface area contributed by atoms with Crippen LogP contribution in [0.5, 0.6) is 5.75 Å². The van der Waals surface area contributed by atoms with Gasteiger partial charge in [-0.1, -0.05) is 42.5 Å². The van der Waals surface area contributed by atoms with Crippen molar-refractivity contribution < 1.29 is 9.47 Å². The number of methoxy groups -OCH3 is 1. The summed E-state index contributed by atoms with van der Waals surface area (Å²) in [6.07, 6.45) is 1.95. The third-order valence-electron chi connectivity index (χ3n) is 6.70. The molecular formula is C26H31N3O3. The van der Waals surface area contributed by atoms with Crippen LogP contribution in [0.25, 0.3) is 0 Å². The average Bonchev–Trinajstić information content (AvgIpc) is 3.43. The smallest absolute Gasteiger partial charge is 0.270 e. The van der Waals surface area contributed by atoms with Gasteiger partial charge in [-0.25, -0.2) is 4.68 Å². The molecule has 3 aromatic rings. The molecule has 3 heterocycles. The summed E-state index contributed by atoms with van der Waals surface area (Å²) < 4.78 is 15.0. The fourth-order valence-corrected chi connectivity index (χ4v) is 4.93. The highest BCUT2D eigenvalue weighted by atomic mass is 16.5. The van der Waals surface area contributed by atoms with Gasteiger partial charge in [-0.05, 0) is 42.0 Å². The minimum absolute atomic E-state index is 0.154. The van der Waals surface area contributed by atoms with Gasteiger partial charge in [0.15, 0.2) is 0 Å². The molecule has 32 heavy (non-hydrogen) atoms. The minimum atomic E-state index is 0.154. The van der Waals surface area contributed by atoms with Crippen LogP contribution in [0, 0.1) is 5.92 Å². The number of hydrogen-bond acceptors (Lipinski definition) is 4. The zero-order valence-corrected chi connectivity index (χ0v) is 18.7. The SMILES string of the molecule is COc1ccc(Cn2c3c(c(=O)n2Cc2ccccc2)CCN(CC2CCOC2)C3)cc1. The number of hydrogen-bond donors (Lipinski definition) is 0. The van der Waals surface area contributed by atoms with Crippen molar-refractivity contribution in [1.82, 2.24) is 14.3 Å². The molecule has 2 aliphatic rings. The predicted molar refractivity (Wildman–Crippen MR) is 124 cm³/mol. The van der Waals surface area contributed by atoms with E-state index in [0.717, 1.165) is 73.8 Å². The maximum Gasteiger partial charge on any atom is 0.270 e. The summed E-state index contributed by atoms with van der Waals surface area (Å²) >= 11 is 0. The number of nitrogens with zero attached hydrogens (tertiary/aromatic N) is 3. The first-order valence-corrected chi connectivity index (χ1v) is 11.5. The zero-order chi connectivity index (χ0) is 21.9. The number of ether oxygens (including phenoxy) is 2. The van der Waals surface area contributed by atoms with Crippen LogP contribution in [-0.4, -0.2) is 47.7 Å². The lowest BCUT2D eigenvalue weighted by Crippen LogP contribution is -2.36. The second-order valence-electron chi connectivity index (χ2n) is 8.89. The highest BCUT2D eigenvalue weighted by Crippen LogP contribution is 2.23. The summed E-state index contributed by atoms with van der Waals surface area (Å²) in [5, 5.41) is 0. The Balaban J connectivity index is 1.48. The highest BCUT2D eigenvalue weighted by Gasteiger charge is 2.28. The van der Waals surface area contributed by atoms with Crippen LogP contribution in [-0.2, 0) is 30.8 Å². The second kappa shape index (κ2) is 9.35. The topological polar surface area (TPSA) is 48.6 Å². The number of aromatic nitrogens is 2. The van der Waals surface area contributed by atoms with Gasteiger partial charge in [0.2, 0.25) is 0 Å². The summed E-state index contributed by atoms with van der Waals surface area (Å²) in [5.41, 5.74) is 4.59. The normalized spacial score (nSPS) is 18.6. The lowest BCUT2D eigenvalue weighted by atomic mass is 10.0. The summed E-state index contributed by atoms with van der Waals surface area (Å²) in [7, 11) is 1.68.